The Morgan fingerprint density at radius 3 is 2.69 bits per heavy atom. The number of nitrogens with one attached hydrogen (secondary N) is 2. The number of aromatic nitrogens is 4. The number of hydrogen-bond donors (Lipinski definition) is 2. The third kappa shape index (κ3) is 4.35. The van der Waals surface area contributed by atoms with Gasteiger partial charge in [-0.05, 0) is 38.8 Å². The lowest BCUT2D eigenvalue weighted by molar-refractivity contribution is -0.131. The summed E-state index contributed by atoms with van der Waals surface area (Å²) >= 11 is 0. The van der Waals surface area contributed by atoms with Gasteiger partial charge in [0.25, 0.3) is 5.91 Å². The number of hydrogen-bond acceptors (Lipinski definition) is 6. The summed E-state index contributed by atoms with van der Waals surface area (Å²) in [5.74, 6) is -0.115. The molecule has 1 saturated heterocycles. The summed E-state index contributed by atoms with van der Waals surface area (Å²) in [5, 5.41) is 4.23. The highest BCUT2D eigenvalue weighted by Crippen LogP contribution is 2.19. The van der Waals surface area contributed by atoms with Crippen molar-refractivity contribution >= 4 is 17.8 Å². The van der Waals surface area contributed by atoms with Crippen LogP contribution in [0.25, 0.3) is 0 Å². The first-order chi connectivity index (χ1) is 12.5. The molecule has 2 N–H and O–H groups in total. The van der Waals surface area contributed by atoms with E-state index in [1.54, 1.807) is 23.1 Å². The van der Waals surface area contributed by atoms with E-state index < -0.39 is 0 Å². The van der Waals surface area contributed by atoms with E-state index in [1.807, 2.05) is 24.8 Å². The minimum atomic E-state index is -0.316. The molecule has 0 spiro atoms. The summed E-state index contributed by atoms with van der Waals surface area (Å²) in [7, 11) is 0. The molecule has 1 unspecified atom stereocenters. The smallest absolute Gasteiger partial charge is 0.260 e. The Kier molecular flexibility index (Phi) is 5.45. The summed E-state index contributed by atoms with van der Waals surface area (Å²) in [4.78, 5) is 34.9. The van der Waals surface area contributed by atoms with E-state index in [2.05, 4.69) is 25.9 Å². The lowest BCUT2D eigenvalue weighted by atomic mass is 9.98. The average Bonchev–Trinajstić information content (AvgIpc) is 2.97. The Hall–Kier alpha value is -2.97. The molecule has 0 radical (unpaired) electrons. The number of amides is 2. The fourth-order valence-corrected chi connectivity index (χ4v) is 3.07. The third-order valence-electron chi connectivity index (χ3n) is 4.35. The Morgan fingerprint density at radius 2 is 2.00 bits per heavy atom. The number of aryl methyl sites for hydroxylation is 2. The van der Waals surface area contributed by atoms with Gasteiger partial charge >= 0.3 is 0 Å². The zero-order chi connectivity index (χ0) is 18.5. The van der Waals surface area contributed by atoms with Gasteiger partial charge in [0.15, 0.2) is 0 Å². The molecule has 26 heavy (non-hydrogen) atoms. The van der Waals surface area contributed by atoms with Crippen molar-refractivity contribution in [3.63, 3.8) is 0 Å². The van der Waals surface area contributed by atoms with Crippen molar-refractivity contribution in [3.8, 4) is 0 Å². The van der Waals surface area contributed by atoms with Crippen molar-refractivity contribution < 1.29 is 9.59 Å². The monoisotopic (exact) mass is 357 g/mol. The van der Waals surface area contributed by atoms with Gasteiger partial charge in [-0.25, -0.2) is 9.97 Å². The quantitative estimate of drug-likeness (QED) is 0.765. The second-order valence-corrected chi connectivity index (χ2v) is 6.46. The van der Waals surface area contributed by atoms with Gasteiger partial charge in [0.05, 0.1) is 11.6 Å². The molecular weight excluding hydrogens is 334 g/mol. The van der Waals surface area contributed by atoms with Crippen molar-refractivity contribution in [2.45, 2.75) is 33.2 Å². The molecule has 2 aromatic rings. The van der Waals surface area contributed by atoms with Gasteiger partial charge in [-0.1, -0.05) is 0 Å². The fraction of sp³-hybridized carbons (Fsp3) is 0.471. The van der Waals surface area contributed by atoms with E-state index in [0.717, 1.165) is 30.8 Å². The van der Waals surface area contributed by atoms with Crippen LogP contribution in [-0.4, -0.2) is 44.7 Å². The molecule has 1 aliphatic rings. The van der Waals surface area contributed by atoms with Gasteiger partial charge in [0.1, 0.15) is 6.54 Å². The van der Waals surface area contributed by atoms with Gasteiger partial charge in [0, 0.05) is 31.2 Å². The highest BCUT2D eigenvalue weighted by Gasteiger charge is 2.27. The van der Waals surface area contributed by atoms with Crippen molar-refractivity contribution in [1.29, 1.82) is 0 Å². The Morgan fingerprint density at radius 1 is 1.23 bits per heavy atom. The first kappa shape index (κ1) is 17.8. The van der Waals surface area contributed by atoms with Crippen LogP contribution < -0.4 is 15.8 Å². The molecule has 3 heterocycles. The van der Waals surface area contributed by atoms with E-state index in [4.69, 9.17) is 0 Å². The highest BCUT2D eigenvalue weighted by molar-refractivity contribution is 5.83. The lowest BCUT2D eigenvalue weighted by Gasteiger charge is -2.31. The third-order valence-corrected chi connectivity index (χ3v) is 4.35. The van der Waals surface area contributed by atoms with E-state index in [-0.39, 0.29) is 24.3 Å². The van der Waals surface area contributed by atoms with Crippen LogP contribution in [0.4, 0.5) is 5.95 Å². The second kappa shape index (κ2) is 7.94. The molecule has 1 fully saturated rings. The SMILES string of the molecule is Cc1cc(C)n(CC(=O)NNC(=O)C2CCCN(c3ncccn3)C2)n1. The van der Waals surface area contributed by atoms with E-state index in [9.17, 15) is 9.59 Å². The van der Waals surface area contributed by atoms with Gasteiger partial charge in [0.2, 0.25) is 11.9 Å². The van der Waals surface area contributed by atoms with Crippen LogP contribution in [-0.2, 0) is 16.1 Å². The Balaban J connectivity index is 1.50. The normalized spacial score (nSPS) is 17.0. The highest BCUT2D eigenvalue weighted by atomic mass is 16.2. The summed E-state index contributed by atoms with van der Waals surface area (Å²) in [6, 6.07) is 3.66. The summed E-state index contributed by atoms with van der Waals surface area (Å²) < 4.78 is 1.60. The van der Waals surface area contributed by atoms with Crippen LogP contribution in [0.2, 0.25) is 0 Å². The zero-order valence-electron chi connectivity index (χ0n) is 15.0. The van der Waals surface area contributed by atoms with Gasteiger partial charge in [-0.2, -0.15) is 5.10 Å². The standard InChI is InChI=1S/C17H23N7O2/c1-12-9-13(2)24(22-12)11-15(25)20-21-16(26)14-5-3-8-23(10-14)17-18-6-4-7-19-17/h4,6-7,9,14H,3,5,8,10-11H2,1-2H3,(H,20,25)(H,21,26). The number of nitrogens with zero attached hydrogens (tertiary/aromatic N) is 5. The van der Waals surface area contributed by atoms with Crippen LogP contribution in [0, 0.1) is 19.8 Å². The molecule has 0 bridgehead atoms. The molecule has 0 aromatic carbocycles. The van der Waals surface area contributed by atoms with E-state index >= 15 is 0 Å². The minimum absolute atomic E-state index is 0.0641. The number of carbonyl (C=O) groups excluding carboxylic acids is 2. The predicted molar refractivity (Wildman–Crippen MR) is 95.0 cm³/mol. The lowest BCUT2D eigenvalue weighted by Crippen LogP contribution is -2.50. The number of anilines is 1. The molecule has 3 rings (SSSR count). The molecular formula is C17H23N7O2. The maximum absolute atomic E-state index is 12.4. The maximum Gasteiger partial charge on any atom is 0.260 e. The first-order valence-electron chi connectivity index (χ1n) is 8.64. The summed E-state index contributed by atoms with van der Waals surface area (Å²) in [6.07, 6.45) is 5.01. The average molecular weight is 357 g/mol. The Bertz CT molecular complexity index is 775. The molecule has 9 heteroatoms. The fourth-order valence-electron chi connectivity index (χ4n) is 3.07. The predicted octanol–water partition coefficient (Wildman–Crippen LogP) is 0.354. The minimum Gasteiger partial charge on any atom is -0.340 e. The van der Waals surface area contributed by atoms with E-state index in [0.29, 0.717) is 12.5 Å². The summed E-state index contributed by atoms with van der Waals surface area (Å²) in [5.41, 5.74) is 6.74. The number of carbonyl (C=O) groups is 2. The Labute approximate surface area is 151 Å². The molecule has 2 aromatic heterocycles. The second-order valence-electron chi connectivity index (χ2n) is 6.46. The molecule has 138 valence electrons. The van der Waals surface area contributed by atoms with Crippen LogP contribution in [0.1, 0.15) is 24.2 Å². The molecule has 0 aliphatic carbocycles. The summed E-state index contributed by atoms with van der Waals surface area (Å²) in [6.45, 7) is 5.17. The number of rotatable bonds is 4. The zero-order valence-corrected chi connectivity index (χ0v) is 15.0. The van der Waals surface area contributed by atoms with Crippen LogP contribution in [0.5, 0.6) is 0 Å². The van der Waals surface area contributed by atoms with Crippen LogP contribution >= 0.6 is 0 Å². The van der Waals surface area contributed by atoms with Gasteiger partial charge < -0.3 is 4.90 Å². The molecule has 2 amide bonds. The first-order valence-corrected chi connectivity index (χ1v) is 8.64. The maximum atomic E-state index is 12.4. The van der Waals surface area contributed by atoms with Crippen LogP contribution in [0.15, 0.2) is 24.5 Å². The van der Waals surface area contributed by atoms with Crippen molar-refractivity contribution in [1.82, 2.24) is 30.6 Å². The van der Waals surface area contributed by atoms with E-state index in [1.165, 1.54) is 0 Å². The van der Waals surface area contributed by atoms with Crippen LogP contribution in [0.3, 0.4) is 0 Å². The molecule has 9 nitrogen and oxygen atoms in total. The van der Waals surface area contributed by atoms with Crippen molar-refractivity contribution in [2.75, 3.05) is 18.0 Å². The van der Waals surface area contributed by atoms with Crippen molar-refractivity contribution in [3.05, 3.63) is 35.9 Å². The van der Waals surface area contributed by atoms with Gasteiger partial charge in [-0.3, -0.25) is 25.1 Å². The topological polar surface area (TPSA) is 105 Å². The largest absolute Gasteiger partial charge is 0.340 e. The number of hydrazine groups is 1. The molecule has 1 aliphatic heterocycles. The van der Waals surface area contributed by atoms with Crippen molar-refractivity contribution in [2.24, 2.45) is 5.92 Å². The number of piperidine rings is 1. The molecule has 0 saturated carbocycles. The van der Waals surface area contributed by atoms with Gasteiger partial charge in [-0.15, -0.1) is 0 Å². The molecule has 1 atom stereocenters.